The summed E-state index contributed by atoms with van der Waals surface area (Å²) in [4.78, 5) is 13.2. The highest BCUT2D eigenvalue weighted by Gasteiger charge is 2.51. The molecule has 30 heavy (non-hydrogen) atoms. The van der Waals surface area contributed by atoms with Gasteiger partial charge in [0.15, 0.2) is 11.5 Å². The molecule has 0 atom stereocenters. The smallest absolute Gasteiger partial charge is 0.235 e. The summed E-state index contributed by atoms with van der Waals surface area (Å²) in [5.74, 6) is -0.0557. The zero-order chi connectivity index (χ0) is 21.5. The zero-order valence-electron chi connectivity index (χ0n) is 17.6. The maximum absolute atomic E-state index is 13.2. The monoisotopic (exact) mass is 401 g/mol. The molecule has 3 aromatic rings. The molecule has 1 aliphatic rings. The fourth-order valence-electron chi connectivity index (χ4n) is 4.02. The molecular formula is C26H27NO3. The van der Waals surface area contributed by atoms with Crippen LogP contribution in [0.3, 0.4) is 0 Å². The molecule has 3 N–H and O–H groups in total. The number of carbonyl (C=O) groups excluding carboxylic acids is 1. The molecule has 0 saturated heterocycles. The van der Waals surface area contributed by atoms with Crippen LogP contribution in [0.1, 0.15) is 49.3 Å². The van der Waals surface area contributed by atoms with E-state index < -0.39 is 5.41 Å². The van der Waals surface area contributed by atoms with E-state index in [0.29, 0.717) is 5.92 Å². The minimum absolute atomic E-state index is 0.0787. The first-order valence-corrected chi connectivity index (χ1v) is 10.4. The van der Waals surface area contributed by atoms with Crippen LogP contribution in [0.5, 0.6) is 11.5 Å². The van der Waals surface area contributed by atoms with E-state index in [2.05, 4.69) is 43.4 Å². The Morgan fingerprint density at radius 3 is 2.37 bits per heavy atom. The number of amides is 1. The van der Waals surface area contributed by atoms with E-state index in [1.54, 1.807) is 6.07 Å². The molecule has 1 fully saturated rings. The maximum Gasteiger partial charge on any atom is 0.235 e. The minimum atomic E-state index is -0.649. The highest BCUT2D eigenvalue weighted by Crippen LogP contribution is 2.50. The molecule has 3 aromatic carbocycles. The first kappa shape index (κ1) is 20.0. The predicted molar refractivity (Wildman–Crippen MR) is 120 cm³/mol. The summed E-state index contributed by atoms with van der Waals surface area (Å²) in [6, 6.07) is 19.2. The number of aryl methyl sites for hydroxylation is 1. The molecule has 4 heteroatoms. The molecule has 1 aliphatic carbocycles. The topological polar surface area (TPSA) is 69.6 Å². The summed E-state index contributed by atoms with van der Waals surface area (Å²) in [5, 5.41) is 22.6. The van der Waals surface area contributed by atoms with Gasteiger partial charge in [-0.15, -0.1) is 0 Å². The van der Waals surface area contributed by atoms with Crippen LogP contribution in [0.25, 0.3) is 11.1 Å². The van der Waals surface area contributed by atoms with Crippen LogP contribution in [0.4, 0.5) is 5.69 Å². The fourth-order valence-corrected chi connectivity index (χ4v) is 4.02. The van der Waals surface area contributed by atoms with Crippen LogP contribution in [0.2, 0.25) is 0 Å². The highest BCUT2D eigenvalue weighted by atomic mass is 16.3. The van der Waals surface area contributed by atoms with Gasteiger partial charge in [0.05, 0.1) is 5.41 Å². The average Bonchev–Trinajstić information content (AvgIpc) is 3.54. The second-order valence-electron chi connectivity index (χ2n) is 8.51. The van der Waals surface area contributed by atoms with E-state index >= 15 is 0 Å². The predicted octanol–water partition coefficient (Wildman–Crippen LogP) is 5.87. The van der Waals surface area contributed by atoms with Crippen LogP contribution in [0.15, 0.2) is 60.7 Å². The lowest BCUT2D eigenvalue weighted by molar-refractivity contribution is -0.118. The SMILES string of the molecule is Cc1ccc(-c2ccccc2C(C)C)cc1NC(=O)C1(c2ccc(O)c(O)c2)CC1. The highest BCUT2D eigenvalue weighted by molar-refractivity contribution is 6.02. The maximum atomic E-state index is 13.2. The van der Waals surface area contributed by atoms with Gasteiger partial charge in [-0.05, 0) is 71.7 Å². The third-order valence-corrected chi connectivity index (χ3v) is 6.09. The Hall–Kier alpha value is -3.27. The van der Waals surface area contributed by atoms with Gasteiger partial charge in [0.1, 0.15) is 0 Å². The van der Waals surface area contributed by atoms with Gasteiger partial charge in [0.25, 0.3) is 0 Å². The quantitative estimate of drug-likeness (QED) is 0.469. The molecule has 0 aromatic heterocycles. The number of nitrogens with one attached hydrogen (secondary N) is 1. The van der Waals surface area contributed by atoms with Crippen molar-refractivity contribution in [3.8, 4) is 22.6 Å². The van der Waals surface area contributed by atoms with Gasteiger partial charge in [0.2, 0.25) is 5.91 Å². The third kappa shape index (κ3) is 3.54. The largest absolute Gasteiger partial charge is 0.504 e. The number of anilines is 1. The first-order valence-electron chi connectivity index (χ1n) is 10.4. The first-order chi connectivity index (χ1) is 14.3. The number of rotatable bonds is 5. The van der Waals surface area contributed by atoms with Crippen LogP contribution in [0, 0.1) is 6.92 Å². The lowest BCUT2D eigenvalue weighted by atomic mass is 9.91. The second-order valence-corrected chi connectivity index (χ2v) is 8.51. The van der Waals surface area contributed by atoms with Gasteiger partial charge in [-0.2, -0.15) is 0 Å². The van der Waals surface area contributed by atoms with Crippen molar-refractivity contribution < 1.29 is 15.0 Å². The molecule has 1 amide bonds. The van der Waals surface area contributed by atoms with Crippen molar-refractivity contribution in [2.75, 3.05) is 5.32 Å². The van der Waals surface area contributed by atoms with Crippen molar-refractivity contribution in [3.05, 3.63) is 77.4 Å². The third-order valence-electron chi connectivity index (χ3n) is 6.09. The van der Waals surface area contributed by atoms with Crippen LogP contribution in [-0.2, 0) is 10.2 Å². The molecule has 0 aliphatic heterocycles. The van der Waals surface area contributed by atoms with Gasteiger partial charge in [-0.1, -0.05) is 56.3 Å². The summed E-state index contributed by atoms with van der Waals surface area (Å²) < 4.78 is 0. The fraction of sp³-hybridized carbons (Fsp3) is 0.269. The second kappa shape index (κ2) is 7.52. The van der Waals surface area contributed by atoms with E-state index in [1.165, 1.54) is 23.3 Å². The molecule has 0 spiro atoms. The van der Waals surface area contributed by atoms with Crippen molar-refractivity contribution in [3.63, 3.8) is 0 Å². The summed E-state index contributed by atoms with van der Waals surface area (Å²) in [6.45, 7) is 6.35. The van der Waals surface area contributed by atoms with Gasteiger partial charge in [0, 0.05) is 5.69 Å². The van der Waals surface area contributed by atoms with E-state index in [1.807, 2.05) is 25.1 Å². The lowest BCUT2D eigenvalue weighted by Crippen LogP contribution is -2.28. The van der Waals surface area contributed by atoms with E-state index in [0.717, 1.165) is 35.2 Å². The molecule has 154 valence electrons. The molecule has 4 nitrogen and oxygen atoms in total. The Kier molecular flexibility index (Phi) is 5.02. The summed E-state index contributed by atoms with van der Waals surface area (Å²) in [7, 11) is 0. The molecule has 1 saturated carbocycles. The standard InChI is InChI=1S/C26H27NO3/c1-16(2)20-6-4-5-7-21(20)18-9-8-17(3)22(14-18)27-25(30)26(12-13-26)19-10-11-23(28)24(29)15-19/h4-11,14-16,28-29H,12-13H2,1-3H3,(H,27,30). The average molecular weight is 402 g/mol. The van der Waals surface area contributed by atoms with Crippen LogP contribution < -0.4 is 5.32 Å². The minimum Gasteiger partial charge on any atom is -0.504 e. The van der Waals surface area contributed by atoms with Gasteiger partial charge >= 0.3 is 0 Å². The molecule has 0 bridgehead atoms. The van der Waals surface area contributed by atoms with Crippen molar-refractivity contribution in [2.24, 2.45) is 0 Å². The van der Waals surface area contributed by atoms with Crippen molar-refractivity contribution >= 4 is 11.6 Å². The normalized spacial score (nSPS) is 14.5. The Morgan fingerprint density at radius 1 is 0.967 bits per heavy atom. The van der Waals surface area contributed by atoms with Crippen molar-refractivity contribution in [1.82, 2.24) is 0 Å². The number of carbonyl (C=O) groups is 1. The lowest BCUT2D eigenvalue weighted by Gasteiger charge is -2.19. The summed E-state index contributed by atoms with van der Waals surface area (Å²) in [5.41, 5.74) is 5.40. The van der Waals surface area contributed by atoms with Crippen molar-refractivity contribution in [2.45, 2.75) is 44.9 Å². The Morgan fingerprint density at radius 2 is 1.70 bits per heavy atom. The molecule has 0 radical (unpaired) electrons. The zero-order valence-corrected chi connectivity index (χ0v) is 17.6. The van der Waals surface area contributed by atoms with Crippen molar-refractivity contribution in [1.29, 1.82) is 0 Å². The Bertz CT molecular complexity index is 1110. The number of benzene rings is 3. The van der Waals surface area contributed by atoms with Crippen LogP contribution in [-0.4, -0.2) is 16.1 Å². The number of phenols is 2. The summed E-state index contributed by atoms with van der Waals surface area (Å²) >= 11 is 0. The number of phenolic OH excluding ortho intramolecular Hbond substituents is 2. The number of aromatic hydroxyl groups is 2. The van der Waals surface area contributed by atoms with Crippen LogP contribution >= 0.6 is 0 Å². The van der Waals surface area contributed by atoms with E-state index in [9.17, 15) is 15.0 Å². The molecule has 0 heterocycles. The molecular weight excluding hydrogens is 374 g/mol. The Balaban J connectivity index is 1.65. The number of hydrogen-bond acceptors (Lipinski definition) is 3. The Labute approximate surface area is 177 Å². The molecule has 0 unspecified atom stereocenters. The number of hydrogen-bond donors (Lipinski definition) is 3. The van der Waals surface area contributed by atoms with E-state index in [-0.39, 0.29) is 17.4 Å². The summed E-state index contributed by atoms with van der Waals surface area (Å²) in [6.07, 6.45) is 1.44. The molecule has 4 rings (SSSR count). The van der Waals surface area contributed by atoms with Gasteiger partial charge in [-0.25, -0.2) is 0 Å². The van der Waals surface area contributed by atoms with E-state index in [4.69, 9.17) is 0 Å². The van der Waals surface area contributed by atoms with Gasteiger partial charge in [-0.3, -0.25) is 4.79 Å². The van der Waals surface area contributed by atoms with Gasteiger partial charge < -0.3 is 15.5 Å².